The molecule has 1 rings (SSSR count). The fourth-order valence-electron chi connectivity index (χ4n) is 1.77. The minimum absolute atomic E-state index is 0.257. The summed E-state index contributed by atoms with van der Waals surface area (Å²) in [6.07, 6.45) is 0.552. The molecule has 0 aliphatic carbocycles. The molecule has 0 spiro atoms. The van der Waals surface area contributed by atoms with Crippen molar-refractivity contribution >= 4 is 11.7 Å². The monoisotopic (exact) mass is 265 g/mol. The Morgan fingerprint density at radius 1 is 1.32 bits per heavy atom. The van der Waals surface area contributed by atoms with Crippen molar-refractivity contribution in [2.45, 2.75) is 32.7 Å². The maximum Gasteiger partial charge on any atom is 0.331 e. The number of rotatable bonds is 7. The number of hydrogen-bond acceptors (Lipinski definition) is 4. The van der Waals surface area contributed by atoms with Gasteiger partial charge >= 0.3 is 5.97 Å². The summed E-state index contributed by atoms with van der Waals surface area (Å²) in [7, 11) is 1.62. The summed E-state index contributed by atoms with van der Waals surface area (Å²) in [6.45, 7) is 6.54. The van der Waals surface area contributed by atoms with Crippen LogP contribution >= 0.6 is 0 Å². The summed E-state index contributed by atoms with van der Waals surface area (Å²) >= 11 is 0. The zero-order valence-electron chi connectivity index (χ0n) is 12.2. The number of aryl methyl sites for hydroxylation is 1. The number of methoxy groups -OCH3 is 1. The molecule has 4 heteroatoms. The van der Waals surface area contributed by atoms with Crippen molar-refractivity contribution in [3.63, 3.8) is 0 Å². The van der Waals surface area contributed by atoms with E-state index in [4.69, 9.17) is 9.47 Å². The molecule has 0 bridgehead atoms. The number of hydrogen-bond donors (Lipinski definition) is 1. The molecule has 0 aliphatic heterocycles. The van der Waals surface area contributed by atoms with Gasteiger partial charge in [-0.3, -0.25) is 0 Å². The molecule has 0 heterocycles. The quantitative estimate of drug-likeness (QED) is 0.770. The number of ether oxygens (including phenoxy) is 2. The lowest BCUT2D eigenvalue weighted by molar-refractivity contribution is -0.148. The Bertz CT molecular complexity index is 402. The minimum Gasteiger partial charge on any atom is -0.464 e. The van der Waals surface area contributed by atoms with E-state index in [-0.39, 0.29) is 5.97 Å². The van der Waals surface area contributed by atoms with Crippen LogP contribution in [0.3, 0.4) is 0 Å². The molecular weight excluding hydrogens is 242 g/mol. The van der Waals surface area contributed by atoms with Crippen LogP contribution in [0.2, 0.25) is 0 Å². The number of carbonyl (C=O) groups is 1. The zero-order valence-corrected chi connectivity index (χ0v) is 12.2. The van der Waals surface area contributed by atoms with Gasteiger partial charge in [0.1, 0.15) is 5.54 Å². The van der Waals surface area contributed by atoms with Gasteiger partial charge in [0.05, 0.1) is 6.61 Å². The number of benzene rings is 1. The largest absolute Gasteiger partial charge is 0.464 e. The van der Waals surface area contributed by atoms with Gasteiger partial charge in [-0.2, -0.15) is 0 Å². The third-order valence-corrected chi connectivity index (χ3v) is 3.00. The highest BCUT2D eigenvalue weighted by molar-refractivity contribution is 5.84. The van der Waals surface area contributed by atoms with Gasteiger partial charge in [0.15, 0.2) is 0 Å². The van der Waals surface area contributed by atoms with Gasteiger partial charge in [-0.25, -0.2) is 4.79 Å². The van der Waals surface area contributed by atoms with E-state index < -0.39 is 5.54 Å². The van der Waals surface area contributed by atoms with Crippen molar-refractivity contribution < 1.29 is 14.3 Å². The highest BCUT2D eigenvalue weighted by Crippen LogP contribution is 2.21. The maximum atomic E-state index is 12.1. The van der Waals surface area contributed by atoms with Crippen LogP contribution in [0.5, 0.6) is 0 Å². The lowest BCUT2D eigenvalue weighted by Crippen LogP contribution is -2.45. The molecule has 106 valence electrons. The Labute approximate surface area is 115 Å². The van der Waals surface area contributed by atoms with Crippen molar-refractivity contribution in [3.8, 4) is 0 Å². The zero-order chi connectivity index (χ0) is 14.3. The second-order valence-electron chi connectivity index (χ2n) is 4.79. The Balaban J connectivity index is 2.83. The first kappa shape index (κ1) is 15.5. The van der Waals surface area contributed by atoms with Crippen LogP contribution in [-0.2, 0) is 14.3 Å². The van der Waals surface area contributed by atoms with Gasteiger partial charge in [0.2, 0.25) is 0 Å². The second kappa shape index (κ2) is 7.14. The van der Waals surface area contributed by atoms with Gasteiger partial charge < -0.3 is 14.8 Å². The maximum absolute atomic E-state index is 12.1. The summed E-state index contributed by atoms with van der Waals surface area (Å²) < 4.78 is 10.2. The highest BCUT2D eigenvalue weighted by Gasteiger charge is 2.34. The molecule has 0 radical (unpaired) electrons. The fourth-order valence-corrected chi connectivity index (χ4v) is 1.77. The summed E-state index contributed by atoms with van der Waals surface area (Å²) in [6, 6.07) is 7.92. The van der Waals surface area contributed by atoms with Crippen LogP contribution in [0.15, 0.2) is 24.3 Å². The van der Waals surface area contributed by atoms with Gasteiger partial charge in [0, 0.05) is 25.8 Å². The summed E-state index contributed by atoms with van der Waals surface area (Å²) in [5, 5.41) is 3.25. The van der Waals surface area contributed by atoms with E-state index in [9.17, 15) is 4.79 Å². The molecule has 1 atom stereocenters. The van der Waals surface area contributed by atoms with Crippen molar-refractivity contribution in [2.24, 2.45) is 0 Å². The third kappa shape index (κ3) is 4.56. The summed E-state index contributed by atoms with van der Waals surface area (Å²) in [4.78, 5) is 12.1. The van der Waals surface area contributed by atoms with E-state index in [0.29, 0.717) is 19.6 Å². The lowest BCUT2D eigenvalue weighted by Gasteiger charge is -2.29. The van der Waals surface area contributed by atoms with E-state index in [2.05, 4.69) is 5.32 Å². The molecule has 0 saturated carbocycles. The molecular formula is C15H23NO3. The fraction of sp³-hybridized carbons (Fsp3) is 0.533. The molecule has 1 unspecified atom stereocenters. The molecule has 0 saturated heterocycles. The predicted octanol–water partition coefficient (Wildman–Crippen LogP) is 2.77. The normalized spacial score (nSPS) is 13.7. The van der Waals surface area contributed by atoms with Crippen molar-refractivity contribution in [1.29, 1.82) is 0 Å². The molecule has 0 aromatic heterocycles. The standard InChI is InChI=1S/C15H23NO3/c1-5-19-14(17)15(3,10-11-18-4)16-13-8-6-12(2)7-9-13/h6-9,16H,5,10-11H2,1-4H3. The number of carbonyl (C=O) groups excluding carboxylic acids is 1. The third-order valence-electron chi connectivity index (χ3n) is 3.00. The van der Waals surface area contributed by atoms with Gasteiger partial charge in [-0.15, -0.1) is 0 Å². The van der Waals surface area contributed by atoms with Crippen molar-refractivity contribution in [3.05, 3.63) is 29.8 Å². The average molecular weight is 265 g/mol. The first-order valence-corrected chi connectivity index (χ1v) is 6.53. The van der Waals surface area contributed by atoms with Gasteiger partial charge in [-0.1, -0.05) is 17.7 Å². The van der Waals surface area contributed by atoms with Gasteiger partial charge in [-0.05, 0) is 32.9 Å². The summed E-state index contributed by atoms with van der Waals surface area (Å²) in [5.74, 6) is -0.257. The van der Waals surface area contributed by atoms with Crippen LogP contribution in [0.1, 0.15) is 25.8 Å². The van der Waals surface area contributed by atoms with E-state index in [1.807, 2.05) is 38.1 Å². The van der Waals surface area contributed by atoms with E-state index in [0.717, 1.165) is 5.69 Å². The molecule has 0 aliphatic rings. The number of anilines is 1. The molecule has 1 aromatic rings. The minimum atomic E-state index is -0.777. The second-order valence-corrected chi connectivity index (χ2v) is 4.79. The van der Waals surface area contributed by atoms with E-state index >= 15 is 0 Å². The van der Waals surface area contributed by atoms with Crippen LogP contribution in [0.25, 0.3) is 0 Å². The molecule has 4 nitrogen and oxygen atoms in total. The topological polar surface area (TPSA) is 47.6 Å². The smallest absolute Gasteiger partial charge is 0.331 e. The summed E-state index contributed by atoms with van der Waals surface area (Å²) in [5.41, 5.74) is 1.30. The van der Waals surface area contributed by atoms with Crippen LogP contribution in [0.4, 0.5) is 5.69 Å². The van der Waals surface area contributed by atoms with E-state index in [1.165, 1.54) is 5.56 Å². The van der Waals surface area contributed by atoms with Crippen molar-refractivity contribution in [2.75, 3.05) is 25.6 Å². The number of nitrogens with one attached hydrogen (secondary N) is 1. The van der Waals surface area contributed by atoms with Gasteiger partial charge in [0.25, 0.3) is 0 Å². The molecule has 1 aromatic carbocycles. The van der Waals surface area contributed by atoms with Crippen molar-refractivity contribution in [1.82, 2.24) is 0 Å². The number of esters is 1. The first-order valence-electron chi connectivity index (χ1n) is 6.53. The van der Waals surface area contributed by atoms with E-state index in [1.54, 1.807) is 14.0 Å². The molecule has 0 fully saturated rings. The Kier molecular flexibility index (Phi) is 5.83. The lowest BCUT2D eigenvalue weighted by atomic mass is 9.97. The Morgan fingerprint density at radius 2 is 1.95 bits per heavy atom. The molecule has 1 N–H and O–H groups in total. The van der Waals surface area contributed by atoms with Crippen LogP contribution < -0.4 is 5.32 Å². The predicted molar refractivity (Wildman–Crippen MR) is 76.3 cm³/mol. The molecule has 0 amide bonds. The average Bonchev–Trinajstić information content (AvgIpc) is 2.39. The first-order chi connectivity index (χ1) is 9.01. The SMILES string of the molecule is CCOC(=O)C(C)(CCOC)Nc1ccc(C)cc1. The molecule has 19 heavy (non-hydrogen) atoms. The van der Waals surface area contributed by atoms with Crippen LogP contribution in [-0.4, -0.2) is 31.8 Å². The highest BCUT2D eigenvalue weighted by atomic mass is 16.5. The Morgan fingerprint density at radius 3 is 2.47 bits per heavy atom. The van der Waals surface area contributed by atoms with Crippen LogP contribution in [0, 0.1) is 6.92 Å². The Hall–Kier alpha value is -1.55.